The molecule has 2 heterocycles. The number of hydrogen-bond donors (Lipinski definition) is 1. The molecule has 0 radical (unpaired) electrons. The lowest BCUT2D eigenvalue weighted by Crippen LogP contribution is -2.57. The number of aromatic nitrogens is 2. The molecule has 1 aliphatic rings. The van der Waals surface area contributed by atoms with Crippen LogP contribution >= 0.6 is 0 Å². The van der Waals surface area contributed by atoms with Gasteiger partial charge in [0.2, 0.25) is 0 Å². The summed E-state index contributed by atoms with van der Waals surface area (Å²) in [5.74, 6) is 0.740. The van der Waals surface area contributed by atoms with Crippen molar-refractivity contribution in [2.75, 3.05) is 13.1 Å². The fourth-order valence-electron chi connectivity index (χ4n) is 1.63. The Balaban J connectivity index is 1.77. The second-order valence-electron chi connectivity index (χ2n) is 5.46. The average molecular weight is 253 g/mol. The van der Waals surface area contributed by atoms with E-state index in [9.17, 15) is 4.79 Å². The Kier molecular flexibility index (Phi) is 3.19. The van der Waals surface area contributed by atoms with E-state index in [4.69, 9.17) is 9.47 Å². The number of nitrogens with zero attached hydrogens (tertiary/aromatic N) is 2. The highest BCUT2D eigenvalue weighted by Crippen LogP contribution is 2.21. The Morgan fingerprint density at radius 3 is 2.67 bits per heavy atom. The zero-order valence-electron chi connectivity index (χ0n) is 11.2. The van der Waals surface area contributed by atoms with E-state index >= 15 is 0 Å². The molecule has 6 nitrogen and oxygen atoms in total. The summed E-state index contributed by atoms with van der Waals surface area (Å²) < 4.78 is 11.0. The maximum atomic E-state index is 11.7. The molecule has 0 saturated carbocycles. The van der Waals surface area contributed by atoms with Crippen molar-refractivity contribution in [2.45, 2.75) is 39.4 Å². The lowest BCUT2D eigenvalue weighted by atomic mass is 10.1. The molecule has 1 amide bonds. The molecule has 1 fully saturated rings. The largest absolute Gasteiger partial charge is 0.483 e. The molecule has 1 aromatic heterocycles. The lowest BCUT2D eigenvalue weighted by Gasteiger charge is -2.39. The van der Waals surface area contributed by atoms with Gasteiger partial charge in [-0.15, -0.1) is 0 Å². The third-order valence-electron chi connectivity index (χ3n) is 2.58. The van der Waals surface area contributed by atoms with Crippen molar-refractivity contribution in [3.63, 3.8) is 0 Å². The van der Waals surface area contributed by atoms with Gasteiger partial charge in [0.1, 0.15) is 17.4 Å². The Morgan fingerprint density at radius 2 is 2.17 bits per heavy atom. The zero-order valence-corrected chi connectivity index (χ0v) is 11.2. The number of rotatable bonds is 2. The van der Waals surface area contributed by atoms with E-state index < -0.39 is 5.60 Å². The van der Waals surface area contributed by atoms with E-state index in [0.29, 0.717) is 13.1 Å². The van der Waals surface area contributed by atoms with Gasteiger partial charge in [-0.3, -0.25) is 5.10 Å². The number of aromatic amines is 1. The van der Waals surface area contributed by atoms with Crippen LogP contribution in [0.4, 0.5) is 4.79 Å². The van der Waals surface area contributed by atoms with Crippen LogP contribution < -0.4 is 4.74 Å². The molecule has 1 aromatic rings. The first-order chi connectivity index (χ1) is 8.35. The first kappa shape index (κ1) is 12.7. The topological polar surface area (TPSA) is 67.5 Å². The van der Waals surface area contributed by atoms with Crippen molar-refractivity contribution in [3.05, 3.63) is 11.9 Å². The van der Waals surface area contributed by atoms with Gasteiger partial charge in [-0.05, 0) is 27.7 Å². The predicted octanol–water partition coefficient (Wildman–Crippen LogP) is 1.72. The van der Waals surface area contributed by atoms with Crippen LogP contribution in [-0.2, 0) is 4.74 Å². The maximum Gasteiger partial charge on any atom is 0.410 e. The molecule has 100 valence electrons. The van der Waals surface area contributed by atoms with Crippen LogP contribution in [0.3, 0.4) is 0 Å². The third-order valence-corrected chi connectivity index (χ3v) is 2.58. The predicted molar refractivity (Wildman–Crippen MR) is 65.5 cm³/mol. The summed E-state index contributed by atoms with van der Waals surface area (Å²) in [6.07, 6.45) is 1.45. The SMILES string of the molecule is Cc1n[nH]cc1OC1CN(C(=O)OC(C)(C)C)C1. The molecule has 0 aromatic carbocycles. The van der Waals surface area contributed by atoms with E-state index in [1.54, 1.807) is 11.1 Å². The number of ether oxygens (including phenoxy) is 2. The van der Waals surface area contributed by atoms with Gasteiger partial charge >= 0.3 is 6.09 Å². The summed E-state index contributed by atoms with van der Waals surface area (Å²) in [4.78, 5) is 13.3. The molecule has 0 unspecified atom stereocenters. The molecule has 6 heteroatoms. The maximum absolute atomic E-state index is 11.7. The smallest absolute Gasteiger partial charge is 0.410 e. The number of H-pyrrole nitrogens is 1. The molecule has 0 bridgehead atoms. The van der Waals surface area contributed by atoms with Gasteiger partial charge in [0.25, 0.3) is 0 Å². The number of aryl methyl sites for hydroxylation is 1. The lowest BCUT2D eigenvalue weighted by molar-refractivity contribution is -0.0222. The Labute approximate surface area is 106 Å². The highest BCUT2D eigenvalue weighted by molar-refractivity contribution is 5.69. The molecule has 1 aliphatic heterocycles. The first-order valence-electron chi connectivity index (χ1n) is 6.00. The molecule has 18 heavy (non-hydrogen) atoms. The molecule has 1 saturated heterocycles. The second-order valence-corrected chi connectivity index (χ2v) is 5.46. The fraction of sp³-hybridized carbons (Fsp3) is 0.667. The van der Waals surface area contributed by atoms with Gasteiger partial charge in [-0.25, -0.2) is 4.79 Å². The van der Waals surface area contributed by atoms with Crippen LogP contribution in [0.1, 0.15) is 26.5 Å². The van der Waals surface area contributed by atoms with Crippen molar-refractivity contribution in [2.24, 2.45) is 0 Å². The second kappa shape index (κ2) is 4.51. The third kappa shape index (κ3) is 2.94. The fourth-order valence-corrected chi connectivity index (χ4v) is 1.63. The van der Waals surface area contributed by atoms with E-state index in [2.05, 4.69) is 10.2 Å². The number of nitrogens with one attached hydrogen (secondary N) is 1. The van der Waals surface area contributed by atoms with Crippen LogP contribution in [0.2, 0.25) is 0 Å². The summed E-state index contributed by atoms with van der Waals surface area (Å²) in [6.45, 7) is 8.55. The summed E-state index contributed by atoms with van der Waals surface area (Å²) in [5, 5.41) is 6.71. The molecule has 0 atom stereocenters. The van der Waals surface area contributed by atoms with Gasteiger partial charge in [-0.1, -0.05) is 0 Å². The number of amides is 1. The minimum Gasteiger partial charge on any atom is -0.483 e. The quantitative estimate of drug-likeness (QED) is 0.871. The minimum atomic E-state index is -0.454. The summed E-state index contributed by atoms with van der Waals surface area (Å²) >= 11 is 0. The van der Waals surface area contributed by atoms with Crippen molar-refractivity contribution in [3.8, 4) is 5.75 Å². The summed E-state index contributed by atoms with van der Waals surface area (Å²) in [7, 11) is 0. The Hall–Kier alpha value is -1.72. The summed E-state index contributed by atoms with van der Waals surface area (Å²) in [5.41, 5.74) is 0.371. The van der Waals surface area contributed by atoms with E-state index in [1.807, 2.05) is 27.7 Å². The van der Waals surface area contributed by atoms with Crippen LogP contribution in [0.15, 0.2) is 6.20 Å². The zero-order chi connectivity index (χ0) is 13.3. The van der Waals surface area contributed by atoms with Crippen molar-refractivity contribution in [1.82, 2.24) is 15.1 Å². The van der Waals surface area contributed by atoms with Crippen LogP contribution in [0.5, 0.6) is 5.75 Å². The molecular weight excluding hydrogens is 234 g/mol. The number of likely N-dealkylation sites (tertiary alicyclic amines) is 1. The number of hydrogen-bond acceptors (Lipinski definition) is 4. The van der Waals surface area contributed by atoms with Crippen LogP contribution in [0, 0.1) is 6.92 Å². The molecule has 0 spiro atoms. The van der Waals surface area contributed by atoms with Gasteiger partial charge in [-0.2, -0.15) is 5.10 Å². The monoisotopic (exact) mass is 253 g/mol. The van der Waals surface area contributed by atoms with Crippen molar-refractivity contribution >= 4 is 6.09 Å². The summed E-state index contributed by atoms with van der Waals surface area (Å²) in [6, 6.07) is 0. The van der Waals surface area contributed by atoms with Gasteiger partial charge in [0, 0.05) is 0 Å². The average Bonchev–Trinajstić information content (AvgIpc) is 2.54. The highest BCUT2D eigenvalue weighted by Gasteiger charge is 2.35. The standard InChI is InChI=1S/C12H19N3O3/c1-8-10(5-13-14-8)17-9-6-15(7-9)11(16)18-12(2,3)4/h5,9H,6-7H2,1-4H3,(H,13,14). The van der Waals surface area contributed by atoms with Crippen LogP contribution in [0.25, 0.3) is 0 Å². The Morgan fingerprint density at radius 1 is 1.50 bits per heavy atom. The van der Waals surface area contributed by atoms with Gasteiger partial charge in [0.15, 0.2) is 5.75 Å². The molecule has 0 aliphatic carbocycles. The van der Waals surface area contributed by atoms with E-state index in [1.165, 1.54) is 0 Å². The van der Waals surface area contributed by atoms with E-state index in [-0.39, 0.29) is 12.2 Å². The Bertz CT molecular complexity index is 430. The molecule has 2 rings (SSSR count). The van der Waals surface area contributed by atoms with Gasteiger partial charge < -0.3 is 14.4 Å². The van der Waals surface area contributed by atoms with Crippen LogP contribution in [-0.4, -0.2) is 46.0 Å². The molecular formula is C12H19N3O3. The minimum absolute atomic E-state index is 0.0221. The van der Waals surface area contributed by atoms with E-state index in [0.717, 1.165) is 11.4 Å². The highest BCUT2D eigenvalue weighted by atomic mass is 16.6. The molecule has 1 N–H and O–H groups in total. The normalized spacial score (nSPS) is 16.3. The van der Waals surface area contributed by atoms with Crippen molar-refractivity contribution < 1.29 is 14.3 Å². The van der Waals surface area contributed by atoms with Crippen molar-refractivity contribution in [1.29, 1.82) is 0 Å². The number of carbonyl (C=O) groups excluding carboxylic acids is 1. The number of carbonyl (C=O) groups is 1. The van der Waals surface area contributed by atoms with Gasteiger partial charge in [0.05, 0.1) is 19.3 Å². The first-order valence-corrected chi connectivity index (χ1v) is 6.00.